The Hall–Kier alpha value is -2.71. The summed E-state index contributed by atoms with van der Waals surface area (Å²) in [5, 5.41) is 3.97. The summed E-state index contributed by atoms with van der Waals surface area (Å²) in [6, 6.07) is 11.4. The third-order valence-corrected chi connectivity index (χ3v) is 4.90. The number of aromatic nitrogens is 3. The van der Waals surface area contributed by atoms with Gasteiger partial charge in [-0.1, -0.05) is 18.2 Å². The van der Waals surface area contributed by atoms with E-state index in [4.69, 9.17) is 4.74 Å². The lowest BCUT2D eigenvalue weighted by Crippen LogP contribution is -2.35. The molecule has 0 bridgehead atoms. The number of hydrogen-bond donors (Lipinski definition) is 0. The van der Waals surface area contributed by atoms with Crippen LogP contribution < -0.4 is 0 Å². The first kappa shape index (κ1) is 19.6. The highest BCUT2D eigenvalue weighted by atomic mass is 19.4. The summed E-state index contributed by atoms with van der Waals surface area (Å²) in [6.07, 6.45) is -2.03. The molecular weight excluding hydrogens is 381 g/mol. The minimum atomic E-state index is -4.46. The van der Waals surface area contributed by atoms with Crippen molar-refractivity contribution >= 4 is 0 Å². The Morgan fingerprint density at radius 1 is 1.07 bits per heavy atom. The molecule has 1 aromatic carbocycles. The number of ether oxygens (including phenoxy) is 1. The zero-order valence-corrected chi connectivity index (χ0v) is 16.0. The lowest BCUT2D eigenvalue weighted by atomic mass is 10.0. The number of benzene rings is 1. The number of aryl methyl sites for hydroxylation is 1. The lowest BCUT2D eigenvalue weighted by Gasteiger charge is -2.26. The molecule has 0 amide bonds. The number of rotatable bonds is 4. The molecule has 0 radical (unpaired) electrons. The van der Waals surface area contributed by atoms with Crippen LogP contribution in [-0.2, 0) is 24.5 Å². The van der Waals surface area contributed by atoms with Gasteiger partial charge in [-0.05, 0) is 23.8 Å². The van der Waals surface area contributed by atoms with Crippen LogP contribution >= 0.6 is 0 Å². The highest BCUT2D eigenvalue weighted by Crippen LogP contribution is 2.36. The second kappa shape index (κ2) is 7.96. The van der Waals surface area contributed by atoms with Crippen LogP contribution in [0.15, 0.2) is 48.8 Å². The Kier molecular flexibility index (Phi) is 5.38. The van der Waals surface area contributed by atoms with Crippen molar-refractivity contribution in [3.05, 3.63) is 59.9 Å². The number of nitrogens with zero attached hydrogens (tertiary/aromatic N) is 4. The molecule has 5 nitrogen and oxygen atoms in total. The first-order valence-electron chi connectivity index (χ1n) is 9.37. The van der Waals surface area contributed by atoms with Gasteiger partial charge in [0.25, 0.3) is 0 Å². The molecule has 0 N–H and O–H groups in total. The van der Waals surface area contributed by atoms with Crippen molar-refractivity contribution in [1.29, 1.82) is 0 Å². The van der Waals surface area contributed by atoms with Crippen molar-refractivity contribution < 1.29 is 17.9 Å². The highest BCUT2D eigenvalue weighted by Gasteiger charge is 2.36. The van der Waals surface area contributed by atoms with Gasteiger partial charge >= 0.3 is 6.18 Å². The Morgan fingerprint density at radius 2 is 1.86 bits per heavy atom. The fraction of sp³-hybridized carbons (Fsp3) is 0.333. The van der Waals surface area contributed by atoms with Gasteiger partial charge < -0.3 is 4.74 Å². The Balaban J connectivity index is 1.56. The topological polar surface area (TPSA) is 43.2 Å². The first-order valence-corrected chi connectivity index (χ1v) is 9.37. The van der Waals surface area contributed by atoms with Crippen molar-refractivity contribution in [2.24, 2.45) is 7.05 Å². The number of pyridine rings is 1. The maximum absolute atomic E-state index is 13.2. The molecule has 0 saturated carbocycles. The quantitative estimate of drug-likeness (QED) is 0.662. The van der Waals surface area contributed by atoms with Gasteiger partial charge in [0.1, 0.15) is 11.3 Å². The minimum Gasteiger partial charge on any atom is -0.379 e. The summed E-state index contributed by atoms with van der Waals surface area (Å²) in [4.78, 5) is 6.73. The third kappa shape index (κ3) is 4.49. The third-order valence-electron chi connectivity index (χ3n) is 4.90. The Labute approximate surface area is 166 Å². The zero-order chi connectivity index (χ0) is 20.4. The van der Waals surface area contributed by atoms with Gasteiger partial charge in [-0.3, -0.25) is 14.6 Å². The maximum atomic E-state index is 13.2. The van der Waals surface area contributed by atoms with Crippen LogP contribution in [0.25, 0.3) is 22.5 Å². The number of hydrogen-bond acceptors (Lipinski definition) is 4. The molecule has 0 aliphatic carbocycles. The first-order chi connectivity index (χ1) is 13.9. The van der Waals surface area contributed by atoms with Gasteiger partial charge in [0.15, 0.2) is 0 Å². The molecule has 1 aliphatic rings. The summed E-state index contributed by atoms with van der Waals surface area (Å²) < 4.78 is 46.3. The summed E-state index contributed by atoms with van der Waals surface area (Å²) in [5.74, 6) is 0. The van der Waals surface area contributed by atoms with Crippen LogP contribution in [0.4, 0.5) is 13.2 Å². The van der Waals surface area contributed by atoms with E-state index in [1.807, 2.05) is 12.1 Å². The second-order valence-corrected chi connectivity index (χ2v) is 7.08. The van der Waals surface area contributed by atoms with E-state index in [0.29, 0.717) is 11.3 Å². The molecule has 0 atom stereocenters. The predicted octanol–water partition coefficient (Wildman–Crippen LogP) is 4.00. The summed E-state index contributed by atoms with van der Waals surface area (Å²) >= 11 is 0. The second-order valence-electron chi connectivity index (χ2n) is 7.08. The molecule has 3 heterocycles. The summed E-state index contributed by atoms with van der Waals surface area (Å²) in [6.45, 7) is 4.13. The minimum absolute atomic E-state index is 0.111. The predicted molar refractivity (Wildman–Crippen MR) is 103 cm³/mol. The van der Waals surface area contributed by atoms with Crippen molar-refractivity contribution in [3.63, 3.8) is 0 Å². The normalized spacial score (nSPS) is 15.6. The molecule has 0 spiro atoms. The van der Waals surface area contributed by atoms with E-state index in [-0.39, 0.29) is 5.69 Å². The van der Waals surface area contributed by atoms with Crippen LogP contribution in [0.5, 0.6) is 0 Å². The van der Waals surface area contributed by atoms with E-state index in [1.165, 1.54) is 23.5 Å². The smallest absolute Gasteiger partial charge is 0.379 e. The molecule has 8 heteroatoms. The molecule has 1 fully saturated rings. The van der Waals surface area contributed by atoms with Gasteiger partial charge in [-0.15, -0.1) is 0 Å². The van der Waals surface area contributed by atoms with Crippen LogP contribution in [0, 0.1) is 0 Å². The molecule has 152 valence electrons. The standard InChI is InChI=1S/C21H21F3N4O/c1-27-14-18(21(22,23)24)20(26-27)17-5-6-19(25-12-17)16-4-2-3-15(11-16)13-28-7-9-29-10-8-28/h2-6,11-12,14H,7-10,13H2,1H3. The SMILES string of the molecule is Cn1cc(C(F)(F)F)c(-c2ccc(-c3cccc(CN4CCOCC4)c3)nc2)n1. The van der Waals surface area contributed by atoms with Gasteiger partial charge in [0, 0.05) is 50.2 Å². The van der Waals surface area contributed by atoms with Crippen LogP contribution in [0.2, 0.25) is 0 Å². The fourth-order valence-corrected chi connectivity index (χ4v) is 3.46. The van der Waals surface area contributed by atoms with E-state index in [0.717, 1.165) is 44.6 Å². The van der Waals surface area contributed by atoms with E-state index in [9.17, 15) is 13.2 Å². The van der Waals surface area contributed by atoms with Crippen molar-refractivity contribution in [3.8, 4) is 22.5 Å². The number of alkyl halides is 3. The molecule has 4 rings (SSSR count). The molecule has 0 unspecified atom stereocenters. The van der Waals surface area contributed by atoms with Crippen molar-refractivity contribution in [2.75, 3.05) is 26.3 Å². The summed E-state index contributed by atoms with van der Waals surface area (Å²) in [7, 11) is 1.47. The van der Waals surface area contributed by atoms with Crippen LogP contribution in [0.1, 0.15) is 11.1 Å². The largest absolute Gasteiger partial charge is 0.420 e. The van der Waals surface area contributed by atoms with Gasteiger partial charge in [-0.2, -0.15) is 18.3 Å². The Bertz CT molecular complexity index is 976. The van der Waals surface area contributed by atoms with Crippen molar-refractivity contribution in [1.82, 2.24) is 19.7 Å². The summed E-state index contributed by atoms with van der Waals surface area (Å²) in [5.41, 5.74) is 2.27. The average molecular weight is 402 g/mol. The number of halogens is 3. The lowest BCUT2D eigenvalue weighted by molar-refractivity contribution is -0.137. The van der Waals surface area contributed by atoms with Crippen molar-refractivity contribution in [2.45, 2.75) is 12.7 Å². The van der Waals surface area contributed by atoms with Gasteiger partial charge in [0.2, 0.25) is 0 Å². The molecule has 2 aromatic heterocycles. The van der Waals surface area contributed by atoms with Gasteiger partial charge in [-0.25, -0.2) is 0 Å². The monoisotopic (exact) mass is 402 g/mol. The highest BCUT2D eigenvalue weighted by molar-refractivity contribution is 5.67. The maximum Gasteiger partial charge on any atom is 0.420 e. The molecular formula is C21H21F3N4O. The Morgan fingerprint density at radius 3 is 2.55 bits per heavy atom. The van der Waals surface area contributed by atoms with Crippen LogP contribution in [-0.4, -0.2) is 46.0 Å². The van der Waals surface area contributed by atoms with E-state index >= 15 is 0 Å². The number of morpholine rings is 1. The van der Waals surface area contributed by atoms with Crippen LogP contribution in [0.3, 0.4) is 0 Å². The van der Waals surface area contributed by atoms with E-state index in [2.05, 4.69) is 27.1 Å². The molecule has 1 aliphatic heterocycles. The average Bonchev–Trinajstić information content (AvgIpc) is 3.11. The molecule has 1 saturated heterocycles. The van der Waals surface area contributed by atoms with E-state index in [1.54, 1.807) is 12.1 Å². The molecule has 3 aromatic rings. The van der Waals surface area contributed by atoms with E-state index < -0.39 is 11.7 Å². The fourth-order valence-electron chi connectivity index (χ4n) is 3.46. The molecule has 29 heavy (non-hydrogen) atoms. The zero-order valence-electron chi connectivity index (χ0n) is 16.0. The van der Waals surface area contributed by atoms with Gasteiger partial charge in [0.05, 0.1) is 18.9 Å².